The molecule has 1 unspecified atom stereocenters. The number of nitrogens with one attached hydrogen (secondary N) is 3. The van der Waals surface area contributed by atoms with Crippen molar-refractivity contribution >= 4 is 62.8 Å². The molecule has 52 heavy (non-hydrogen) atoms. The summed E-state index contributed by atoms with van der Waals surface area (Å²) >= 11 is 7.89. The second-order valence-electron chi connectivity index (χ2n) is 13.1. The van der Waals surface area contributed by atoms with Gasteiger partial charge in [-0.2, -0.15) is 5.10 Å². The first kappa shape index (κ1) is 35.2. The summed E-state index contributed by atoms with van der Waals surface area (Å²) in [5.74, 6) is 0.440. The molecule has 3 N–H and O–H groups in total. The summed E-state index contributed by atoms with van der Waals surface area (Å²) in [6.07, 6.45) is 4.70. The highest BCUT2D eigenvalue weighted by molar-refractivity contribution is 7.15. The highest BCUT2D eigenvalue weighted by Crippen LogP contribution is 2.39. The fraction of sp³-hybridized carbons (Fsp3) is 0.351. The number of hydrogen-bond donors (Lipinski definition) is 3. The molecule has 0 bridgehead atoms. The maximum Gasteiger partial charge on any atom is 0.275 e. The minimum absolute atomic E-state index is 0.103. The number of fused-ring (bicyclic) bond motifs is 4. The Bertz CT molecular complexity index is 2290. The second kappa shape index (κ2) is 14.8. The smallest absolute Gasteiger partial charge is 0.275 e. The molecule has 3 aromatic heterocycles. The number of unbranched alkanes of at least 4 members (excludes halogenated alkanes) is 2. The van der Waals surface area contributed by atoms with Gasteiger partial charge in [0.25, 0.3) is 11.5 Å². The molecular formula is C37H38ClN9O4S. The van der Waals surface area contributed by atoms with Crippen LogP contribution in [-0.4, -0.2) is 61.1 Å². The molecular weight excluding hydrogens is 702 g/mol. The van der Waals surface area contributed by atoms with Crippen LogP contribution in [0.4, 0.5) is 5.69 Å². The molecule has 1 saturated heterocycles. The van der Waals surface area contributed by atoms with E-state index >= 15 is 0 Å². The zero-order valence-corrected chi connectivity index (χ0v) is 30.6. The van der Waals surface area contributed by atoms with Crippen molar-refractivity contribution in [3.05, 3.63) is 97.3 Å². The van der Waals surface area contributed by atoms with E-state index in [1.165, 1.54) is 4.88 Å². The van der Waals surface area contributed by atoms with Gasteiger partial charge in [-0.05, 0) is 82.3 Å². The van der Waals surface area contributed by atoms with Crippen molar-refractivity contribution < 1.29 is 14.4 Å². The van der Waals surface area contributed by atoms with E-state index in [2.05, 4.69) is 45.1 Å². The predicted octanol–water partition coefficient (Wildman–Crippen LogP) is 5.28. The monoisotopic (exact) mass is 739 g/mol. The lowest BCUT2D eigenvalue weighted by atomic mass is 9.99. The van der Waals surface area contributed by atoms with Gasteiger partial charge in [0, 0.05) is 51.6 Å². The van der Waals surface area contributed by atoms with Crippen LogP contribution in [0.25, 0.3) is 15.8 Å². The Labute approximate surface area is 308 Å². The molecule has 2 aliphatic rings. The number of rotatable bonds is 11. The number of hydrogen-bond acceptors (Lipinski definition) is 10. The first-order chi connectivity index (χ1) is 25.1. The first-order valence-electron chi connectivity index (χ1n) is 17.3. The Hall–Kier alpha value is -5.21. The number of aryl methyl sites for hydroxylation is 2. The molecule has 5 heterocycles. The summed E-state index contributed by atoms with van der Waals surface area (Å²) < 4.78 is 3.20. The lowest BCUT2D eigenvalue weighted by Crippen LogP contribution is -2.45. The van der Waals surface area contributed by atoms with Crippen molar-refractivity contribution in [3.8, 4) is 5.00 Å². The van der Waals surface area contributed by atoms with E-state index in [0.717, 1.165) is 62.9 Å². The van der Waals surface area contributed by atoms with Crippen LogP contribution < -0.4 is 21.5 Å². The van der Waals surface area contributed by atoms with E-state index in [4.69, 9.17) is 16.6 Å². The number of amides is 3. The van der Waals surface area contributed by atoms with E-state index < -0.39 is 18.0 Å². The van der Waals surface area contributed by atoms with Gasteiger partial charge in [-0.3, -0.25) is 34.1 Å². The van der Waals surface area contributed by atoms with Crippen molar-refractivity contribution in [2.45, 2.75) is 71.4 Å². The quantitative estimate of drug-likeness (QED) is 0.122. The predicted molar refractivity (Wildman–Crippen MR) is 201 cm³/mol. The van der Waals surface area contributed by atoms with Gasteiger partial charge in [0.15, 0.2) is 5.82 Å². The van der Waals surface area contributed by atoms with Crippen LogP contribution >= 0.6 is 22.9 Å². The summed E-state index contributed by atoms with van der Waals surface area (Å²) in [4.78, 5) is 56.5. The lowest BCUT2D eigenvalue weighted by molar-refractivity contribution is -0.136. The molecule has 15 heteroatoms. The Balaban J connectivity index is 0.932. The lowest BCUT2D eigenvalue weighted by Gasteiger charge is -2.21. The van der Waals surface area contributed by atoms with Crippen LogP contribution in [0.1, 0.15) is 83.8 Å². The number of carbonyl (C=O) groups excluding carboxylic acids is 3. The molecule has 2 atom stereocenters. The van der Waals surface area contributed by atoms with Crippen molar-refractivity contribution in [1.29, 1.82) is 0 Å². The number of nitrogens with zero attached hydrogens (tertiary/aromatic N) is 6. The SMILES string of the molecule is Cc1sc2c(c1C)C(c1ccc(Cl)cc1)=N[C@@H](CC(=O)NCCCCCNc1ccc3c(=O)n(C4CCC(=O)NC4=O)ncc3c1)c1nnc(C)n1-2. The number of thiophene rings is 1. The van der Waals surface area contributed by atoms with Crippen molar-refractivity contribution in [2.75, 3.05) is 18.4 Å². The molecule has 1 fully saturated rings. The number of piperidine rings is 1. The molecule has 0 aliphatic carbocycles. The van der Waals surface area contributed by atoms with Crippen LogP contribution in [0, 0.1) is 20.8 Å². The first-order valence-corrected chi connectivity index (χ1v) is 18.5. The van der Waals surface area contributed by atoms with Crippen LogP contribution in [0.5, 0.6) is 0 Å². The highest BCUT2D eigenvalue weighted by Gasteiger charge is 2.33. The maximum absolute atomic E-state index is 13.3. The molecule has 3 amide bonds. The van der Waals surface area contributed by atoms with Crippen molar-refractivity contribution in [2.24, 2.45) is 4.99 Å². The molecule has 0 spiro atoms. The largest absolute Gasteiger partial charge is 0.385 e. The standard InChI is InChI=1S/C37H38ClN9O4S/c1-20-21(2)52-37-32(20)33(23-7-9-25(38)10-8-23)42-28(34-45-44-22(3)46(34)37)18-31(49)40-16-6-4-5-15-39-26-11-12-27-24(17-26)19-41-47(36(27)51)29-13-14-30(48)43-35(29)50/h7-12,17,19,28-29,39H,4-6,13-16,18H2,1-3H3,(H,40,49)(H,43,48,50)/t28-,29?/m0/s1. The van der Waals surface area contributed by atoms with E-state index in [-0.39, 0.29) is 36.6 Å². The third-order valence-electron chi connectivity index (χ3n) is 9.56. The normalized spacial score (nSPS) is 16.9. The Morgan fingerprint density at radius 2 is 1.81 bits per heavy atom. The van der Waals surface area contributed by atoms with E-state index in [0.29, 0.717) is 34.7 Å². The average molecular weight is 740 g/mol. The minimum atomic E-state index is -0.801. The summed E-state index contributed by atoms with van der Waals surface area (Å²) in [5.41, 5.74) is 4.39. The van der Waals surface area contributed by atoms with Crippen molar-refractivity contribution in [1.82, 2.24) is 35.2 Å². The number of halogens is 1. The Morgan fingerprint density at radius 3 is 2.60 bits per heavy atom. The number of benzene rings is 2. The van der Waals surface area contributed by atoms with Gasteiger partial charge < -0.3 is 10.6 Å². The number of imide groups is 1. The molecule has 2 aromatic carbocycles. The Morgan fingerprint density at radius 1 is 1.02 bits per heavy atom. The topological polar surface area (TPSA) is 165 Å². The van der Waals surface area contributed by atoms with Crippen LogP contribution in [0.15, 0.2) is 58.4 Å². The fourth-order valence-corrected chi connectivity index (χ4v) is 8.02. The molecule has 2 aliphatic heterocycles. The number of carbonyl (C=O) groups is 3. The summed E-state index contributed by atoms with van der Waals surface area (Å²) in [6, 6.07) is 11.7. The van der Waals surface area contributed by atoms with E-state index in [1.807, 2.05) is 47.9 Å². The number of anilines is 1. The fourth-order valence-electron chi connectivity index (χ4n) is 6.68. The third kappa shape index (κ3) is 7.00. The van der Waals surface area contributed by atoms with Gasteiger partial charge in [0.1, 0.15) is 22.9 Å². The van der Waals surface area contributed by atoms with Gasteiger partial charge >= 0.3 is 0 Å². The molecule has 268 valence electrons. The number of aromatic nitrogens is 5. The summed E-state index contributed by atoms with van der Waals surface area (Å²) in [5, 5.41) is 24.6. The van der Waals surface area contributed by atoms with Crippen molar-refractivity contribution in [3.63, 3.8) is 0 Å². The van der Waals surface area contributed by atoms with Gasteiger partial charge in [-0.15, -0.1) is 21.5 Å². The van der Waals surface area contributed by atoms with Gasteiger partial charge in [-0.1, -0.05) is 23.7 Å². The van der Waals surface area contributed by atoms with E-state index in [9.17, 15) is 19.2 Å². The summed E-state index contributed by atoms with van der Waals surface area (Å²) in [7, 11) is 0. The average Bonchev–Trinajstić information content (AvgIpc) is 3.60. The molecule has 7 rings (SSSR count). The van der Waals surface area contributed by atoms with Crippen LogP contribution in [0.3, 0.4) is 0 Å². The highest BCUT2D eigenvalue weighted by atomic mass is 35.5. The summed E-state index contributed by atoms with van der Waals surface area (Å²) in [6.45, 7) is 7.37. The molecule has 0 radical (unpaired) electrons. The maximum atomic E-state index is 13.3. The molecule has 5 aromatic rings. The second-order valence-corrected chi connectivity index (χ2v) is 14.7. The van der Waals surface area contributed by atoms with Gasteiger partial charge in [0.2, 0.25) is 11.8 Å². The third-order valence-corrected chi connectivity index (χ3v) is 11.0. The van der Waals surface area contributed by atoms with Gasteiger partial charge in [0.05, 0.1) is 23.7 Å². The van der Waals surface area contributed by atoms with Crippen LogP contribution in [0.2, 0.25) is 5.02 Å². The molecule has 0 saturated carbocycles. The Kier molecular flexibility index (Phi) is 10.0. The molecule has 13 nitrogen and oxygen atoms in total. The van der Waals surface area contributed by atoms with Crippen LogP contribution in [-0.2, 0) is 14.4 Å². The minimum Gasteiger partial charge on any atom is -0.385 e. The zero-order valence-electron chi connectivity index (χ0n) is 29.0. The zero-order chi connectivity index (χ0) is 36.5. The van der Waals surface area contributed by atoms with Gasteiger partial charge in [-0.25, -0.2) is 4.68 Å². The van der Waals surface area contributed by atoms with E-state index in [1.54, 1.807) is 23.6 Å². The number of aliphatic imine (C=N–C) groups is 1.